The van der Waals surface area contributed by atoms with Crippen molar-refractivity contribution in [3.8, 4) is 11.4 Å². The minimum Gasteiger partial charge on any atom is -0.216 e. The quantitative estimate of drug-likeness (QED) is 0.731. The molecule has 2 heterocycles. The first-order valence-corrected chi connectivity index (χ1v) is 6.96. The van der Waals surface area contributed by atoms with Gasteiger partial charge in [-0.15, -0.1) is 0 Å². The SMILES string of the molecule is Cc1cscc1-c1nc(Cl)c(C(C)C)c(Cl)n1. The van der Waals surface area contributed by atoms with Gasteiger partial charge in [-0.05, 0) is 23.8 Å². The van der Waals surface area contributed by atoms with E-state index in [2.05, 4.69) is 15.3 Å². The molecule has 90 valence electrons. The van der Waals surface area contributed by atoms with Gasteiger partial charge in [0.1, 0.15) is 10.3 Å². The summed E-state index contributed by atoms with van der Waals surface area (Å²) in [4.78, 5) is 8.67. The first-order valence-electron chi connectivity index (χ1n) is 5.26. The lowest BCUT2D eigenvalue weighted by atomic mass is 10.1. The zero-order chi connectivity index (χ0) is 12.6. The van der Waals surface area contributed by atoms with E-state index in [1.165, 1.54) is 0 Å². The number of hydrogen-bond acceptors (Lipinski definition) is 3. The summed E-state index contributed by atoms with van der Waals surface area (Å²) >= 11 is 14.0. The number of rotatable bonds is 2. The van der Waals surface area contributed by atoms with Gasteiger partial charge >= 0.3 is 0 Å². The Morgan fingerprint density at radius 2 is 1.71 bits per heavy atom. The minimum absolute atomic E-state index is 0.215. The van der Waals surface area contributed by atoms with Gasteiger partial charge in [-0.2, -0.15) is 11.3 Å². The molecule has 0 atom stereocenters. The van der Waals surface area contributed by atoms with Crippen molar-refractivity contribution < 1.29 is 0 Å². The summed E-state index contributed by atoms with van der Waals surface area (Å²) < 4.78 is 0. The molecule has 0 aromatic carbocycles. The lowest BCUT2D eigenvalue weighted by Crippen LogP contribution is -1.99. The molecule has 0 saturated carbocycles. The molecule has 0 aliphatic rings. The predicted octanol–water partition coefficient (Wildman–Crippen LogP) is 4.94. The summed E-state index contributed by atoms with van der Waals surface area (Å²) in [7, 11) is 0. The van der Waals surface area contributed by atoms with Crippen LogP contribution in [0, 0.1) is 6.92 Å². The van der Waals surface area contributed by atoms with E-state index in [0.29, 0.717) is 16.1 Å². The molecule has 2 aromatic rings. The van der Waals surface area contributed by atoms with Crippen LogP contribution in [0.25, 0.3) is 11.4 Å². The standard InChI is InChI=1S/C12H12Cl2N2S/c1-6(2)9-10(13)15-12(16-11(9)14)8-5-17-4-7(8)3/h4-6H,1-3H3. The Hall–Kier alpha value is -0.640. The van der Waals surface area contributed by atoms with Gasteiger partial charge in [0.25, 0.3) is 0 Å². The van der Waals surface area contributed by atoms with Crippen LogP contribution in [0.4, 0.5) is 0 Å². The number of hydrogen-bond donors (Lipinski definition) is 0. The van der Waals surface area contributed by atoms with Gasteiger partial charge in [-0.3, -0.25) is 0 Å². The second-order valence-corrected chi connectivity index (χ2v) is 5.63. The molecule has 0 aliphatic heterocycles. The van der Waals surface area contributed by atoms with Gasteiger partial charge in [0.15, 0.2) is 5.82 Å². The van der Waals surface area contributed by atoms with E-state index in [1.807, 2.05) is 26.2 Å². The highest BCUT2D eigenvalue weighted by Crippen LogP contribution is 2.32. The summed E-state index contributed by atoms with van der Waals surface area (Å²) in [6.45, 7) is 6.06. The molecule has 0 radical (unpaired) electrons. The van der Waals surface area contributed by atoms with E-state index >= 15 is 0 Å². The number of aromatic nitrogens is 2. The van der Waals surface area contributed by atoms with Crippen molar-refractivity contribution in [3.63, 3.8) is 0 Å². The van der Waals surface area contributed by atoms with Crippen LogP contribution in [0.15, 0.2) is 10.8 Å². The molecule has 5 heteroatoms. The maximum Gasteiger partial charge on any atom is 0.163 e. The normalized spacial score (nSPS) is 11.2. The Balaban J connectivity index is 2.57. The van der Waals surface area contributed by atoms with Crippen molar-refractivity contribution in [3.05, 3.63) is 32.2 Å². The summed E-state index contributed by atoms with van der Waals surface area (Å²) in [5.41, 5.74) is 2.94. The van der Waals surface area contributed by atoms with Crippen molar-refractivity contribution in [1.29, 1.82) is 0 Å². The van der Waals surface area contributed by atoms with Gasteiger partial charge in [0.05, 0.1) is 0 Å². The zero-order valence-electron chi connectivity index (χ0n) is 9.79. The molecule has 0 unspecified atom stereocenters. The maximum absolute atomic E-state index is 6.17. The predicted molar refractivity (Wildman–Crippen MR) is 74.2 cm³/mol. The number of halogens is 2. The molecule has 0 saturated heterocycles. The highest BCUT2D eigenvalue weighted by molar-refractivity contribution is 7.08. The minimum atomic E-state index is 0.215. The molecule has 0 bridgehead atoms. The van der Waals surface area contributed by atoms with E-state index in [-0.39, 0.29) is 5.92 Å². The largest absolute Gasteiger partial charge is 0.216 e. The molecule has 0 fully saturated rings. The molecular formula is C12H12Cl2N2S. The summed E-state index contributed by atoms with van der Waals surface area (Å²) in [6, 6.07) is 0. The third kappa shape index (κ3) is 2.46. The van der Waals surface area contributed by atoms with E-state index in [0.717, 1.165) is 16.7 Å². The van der Waals surface area contributed by atoms with Crippen LogP contribution in [0.2, 0.25) is 10.3 Å². The topological polar surface area (TPSA) is 25.8 Å². The number of aryl methyl sites for hydroxylation is 1. The molecule has 0 amide bonds. The average Bonchev–Trinajstić information content (AvgIpc) is 2.62. The molecular weight excluding hydrogens is 275 g/mol. The maximum atomic E-state index is 6.17. The van der Waals surface area contributed by atoms with Crippen molar-refractivity contribution in [2.24, 2.45) is 0 Å². The van der Waals surface area contributed by atoms with Gasteiger partial charge in [-0.1, -0.05) is 37.0 Å². The summed E-state index contributed by atoms with van der Waals surface area (Å²) in [5.74, 6) is 0.816. The van der Waals surface area contributed by atoms with Crippen LogP contribution in [0.3, 0.4) is 0 Å². The van der Waals surface area contributed by atoms with Crippen LogP contribution in [-0.2, 0) is 0 Å². The number of nitrogens with zero attached hydrogens (tertiary/aromatic N) is 2. The Morgan fingerprint density at radius 3 is 2.12 bits per heavy atom. The molecule has 17 heavy (non-hydrogen) atoms. The van der Waals surface area contributed by atoms with Crippen LogP contribution in [0.5, 0.6) is 0 Å². The van der Waals surface area contributed by atoms with E-state index in [9.17, 15) is 0 Å². The van der Waals surface area contributed by atoms with Gasteiger partial charge in [0, 0.05) is 16.5 Å². The molecule has 0 N–H and O–H groups in total. The van der Waals surface area contributed by atoms with Crippen LogP contribution in [-0.4, -0.2) is 9.97 Å². The first-order chi connectivity index (χ1) is 8.00. The lowest BCUT2D eigenvalue weighted by molar-refractivity contribution is 0.848. The highest BCUT2D eigenvalue weighted by atomic mass is 35.5. The second-order valence-electron chi connectivity index (χ2n) is 4.17. The van der Waals surface area contributed by atoms with Crippen molar-refractivity contribution in [2.75, 3.05) is 0 Å². The molecule has 0 spiro atoms. The van der Waals surface area contributed by atoms with E-state index < -0.39 is 0 Å². The zero-order valence-corrected chi connectivity index (χ0v) is 12.1. The van der Waals surface area contributed by atoms with Crippen molar-refractivity contribution in [2.45, 2.75) is 26.7 Å². The van der Waals surface area contributed by atoms with Crippen molar-refractivity contribution in [1.82, 2.24) is 9.97 Å². The molecule has 0 aliphatic carbocycles. The highest BCUT2D eigenvalue weighted by Gasteiger charge is 2.16. The first kappa shape index (κ1) is 12.8. The third-order valence-corrected chi connectivity index (χ3v) is 3.96. The molecule has 2 rings (SSSR count). The van der Waals surface area contributed by atoms with Crippen LogP contribution >= 0.6 is 34.5 Å². The Morgan fingerprint density at radius 1 is 1.12 bits per heavy atom. The Kier molecular flexibility index (Phi) is 3.71. The molecule has 2 nitrogen and oxygen atoms in total. The van der Waals surface area contributed by atoms with Gasteiger partial charge in [0.2, 0.25) is 0 Å². The summed E-state index contributed by atoms with van der Waals surface area (Å²) in [6.07, 6.45) is 0. The third-order valence-electron chi connectivity index (χ3n) is 2.53. The van der Waals surface area contributed by atoms with Crippen LogP contribution in [0.1, 0.15) is 30.9 Å². The van der Waals surface area contributed by atoms with Gasteiger partial charge < -0.3 is 0 Å². The monoisotopic (exact) mass is 286 g/mol. The molecule has 2 aromatic heterocycles. The van der Waals surface area contributed by atoms with Gasteiger partial charge in [-0.25, -0.2) is 9.97 Å². The smallest absolute Gasteiger partial charge is 0.163 e. The van der Waals surface area contributed by atoms with E-state index in [4.69, 9.17) is 23.2 Å². The lowest BCUT2D eigenvalue weighted by Gasteiger charge is -2.10. The Bertz CT molecular complexity index is 526. The second kappa shape index (κ2) is 4.92. The Labute approximate surface area is 115 Å². The fourth-order valence-electron chi connectivity index (χ4n) is 1.60. The fourth-order valence-corrected chi connectivity index (χ4v) is 3.25. The van der Waals surface area contributed by atoms with E-state index in [1.54, 1.807) is 11.3 Å². The van der Waals surface area contributed by atoms with Crippen LogP contribution < -0.4 is 0 Å². The average molecular weight is 287 g/mol. The number of thiophene rings is 1. The summed E-state index contributed by atoms with van der Waals surface area (Å²) in [5, 5.41) is 4.95. The fraction of sp³-hybridized carbons (Fsp3) is 0.333. The van der Waals surface area contributed by atoms with Crippen molar-refractivity contribution >= 4 is 34.5 Å².